The summed E-state index contributed by atoms with van der Waals surface area (Å²) in [5.74, 6) is 0.925. The van der Waals surface area contributed by atoms with Gasteiger partial charge in [0.1, 0.15) is 0 Å². The van der Waals surface area contributed by atoms with Crippen LogP contribution in [0.1, 0.15) is 32.4 Å². The third kappa shape index (κ3) is 5.79. The second kappa shape index (κ2) is 7.40. The highest BCUT2D eigenvalue weighted by atomic mass is 32.1. The summed E-state index contributed by atoms with van der Waals surface area (Å²) in [5, 5.41) is 4.81. The van der Waals surface area contributed by atoms with E-state index in [1.807, 2.05) is 5.38 Å². The van der Waals surface area contributed by atoms with E-state index in [-0.39, 0.29) is 11.8 Å². The minimum absolute atomic E-state index is 0.0640. The lowest BCUT2D eigenvalue weighted by molar-refractivity contribution is -0.122. The molecule has 0 spiro atoms. The Bertz CT molecular complexity index is 325. The van der Waals surface area contributed by atoms with Gasteiger partial charge in [0.25, 0.3) is 0 Å². The van der Waals surface area contributed by atoms with Gasteiger partial charge in [-0.05, 0) is 24.8 Å². The lowest BCUT2D eigenvalue weighted by Gasteiger charge is -2.16. The Labute approximate surface area is 107 Å². The van der Waals surface area contributed by atoms with Crippen LogP contribution in [-0.2, 0) is 11.3 Å². The largest absolute Gasteiger partial charge is 0.350 e. The molecule has 1 rings (SSSR count). The molecular formula is C12H21N3OS. The Kier molecular flexibility index (Phi) is 6.15. The number of rotatable bonds is 7. The van der Waals surface area contributed by atoms with Crippen molar-refractivity contribution in [1.82, 2.24) is 10.3 Å². The molecule has 1 aromatic rings. The van der Waals surface area contributed by atoms with Gasteiger partial charge < -0.3 is 11.1 Å². The van der Waals surface area contributed by atoms with E-state index < -0.39 is 0 Å². The molecule has 5 heteroatoms. The predicted molar refractivity (Wildman–Crippen MR) is 70.6 cm³/mol. The highest BCUT2D eigenvalue weighted by Gasteiger charge is 2.13. The zero-order valence-corrected chi connectivity index (χ0v) is 11.3. The summed E-state index contributed by atoms with van der Waals surface area (Å²) < 4.78 is 0. The van der Waals surface area contributed by atoms with Crippen molar-refractivity contribution in [2.24, 2.45) is 17.6 Å². The lowest BCUT2D eigenvalue weighted by atomic mass is 9.94. The normalized spacial score (nSPS) is 12.7. The summed E-state index contributed by atoms with van der Waals surface area (Å²) in [6, 6.07) is 0. The van der Waals surface area contributed by atoms with Gasteiger partial charge in [-0.2, -0.15) is 0 Å². The zero-order valence-electron chi connectivity index (χ0n) is 10.5. The van der Waals surface area contributed by atoms with Gasteiger partial charge in [-0.25, -0.2) is 4.98 Å². The quantitative estimate of drug-likeness (QED) is 0.780. The van der Waals surface area contributed by atoms with Crippen LogP contribution >= 0.6 is 11.3 Å². The van der Waals surface area contributed by atoms with E-state index >= 15 is 0 Å². The fourth-order valence-corrected chi connectivity index (χ4v) is 2.34. The van der Waals surface area contributed by atoms with Crippen molar-refractivity contribution in [2.75, 3.05) is 6.54 Å². The van der Waals surface area contributed by atoms with Gasteiger partial charge in [0.2, 0.25) is 5.91 Å². The number of thiazole rings is 1. The molecule has 1 aromatic heterocycles. The molecule has 17 heavy (non-hydrogen) atoms. The maximum Gasteiger partial charge on any atom is 0.220 e. The summed E-state index contributed by atoms with van der Waals surface area (Å²) in [6.07, 6.45) is 1.51. The molecule has 1 unspecified atom stereocenters. The van der Waals surface area contributed by atoms with E-state index in [4.69, 9.17) is 5.73 Å². The maximum atomic E-state index is 11.7. The molecule has 0 bridgehead atoms. The number of aromatic nitrogens is 1. The molecule has 1 atom stereocenters. The molecule has 96 valence electrons. The fourth-order valence-electron chi connectivity index (χ4n) is 1.78. The van der Waals surface area contributed by atoms with Crippen LogP contribution < -0.4 is 11.1 Å². The third-order valence-corrected chi connectivity index (χ3v) is 3.20. The molecule has 3 N–H and O–H groups in total. The SMILES string of the molecule is CC(C)CC(CN)CC(=O)NCc1cscn1. The first-order chi connectivity index (χ1) is 8.11. The van der Waals surface area contributed by atoms with Gasteiger partial charge in [0.15, 0.2) is 0 Å². The average molecular weight is 255 g/mol. The van der Waals surface area contributed by atoms with Crippen molar-refractivity contribution in [1.29, 1.82) is 0 Å². The average Bonchev–Trinajstić information content (AvgIpc) is 2.77. The number of amides is 1. The summed E-state index contributed by atoms with van der Waals surface area (Å²) >= 11 is 1.54. The molecular weight excluding hydrogens is 234 g/mol. The van der Waals surface area contributed by atoms with Gasteiger partial charge in [-0.1, -0.05) is 13.8 Å². The first-order valence-corrected chi connectivity index (χ1v) is 6.90. The van der Waals surface area contributed by atoms with Crippen LogP contribution in [0.5, 0.6) is 0 Å². The van der Waals surface area contributed by atoms with Crippen molar-refractivity contribution in [3.05, 3.63) is 16.6 Å². The van der Waals surface area contributed by atoms with Gasteiger partial charge in [0.05, 0.1) is 17.7 Å². The molecule has 0 fully saturated rings. The van der Waals surface area contributed by atoms with E-state index in [0.717, 1.165) is 12.1 Å². The standard InChI is InChI=1S/C12H21N3OS/c1-9(2)3-10(5-13)4-12(16)14-6-11-7-17-8-15-11/h7-10H,3-6,13H2,1-2H3,(H,14,16). The van der Waals surface area contributed by atoms with Crippen LogP contribution in [-0.4, -0.2) is 17.4 Å². The Morgan fingerprint density at radius 2 is 2.35 bits per heavy atom. The van der Waals surface area contributed by atoms with Crippen LogP contribution in [0.2, 0.25) is 0 Å². The topological polar surface area (TPSA) is 68.0 Å². The van der Waals surface area contributed by atoms with Gasteiger partial charge in [-0.15, -0.1) is 11.3 Å². The van der Waals surface area contributed by atoms with Crippen molar-refractivity contribution in [2.45, 2.75) is 33.2 Å². The number of nitrogens with one attached hydrogen (secondary N) is 1. The lowest BCUT2D eigenvalue weighted by Crippen LogP contribution is -2.28. The molecule has 0 aliphatic heterocycles. The van der Waals surface area contributed by atoms with Crippen molar-refractivity contribution in [3.63, 3.8) is 0 Å². The van der Waals surface area contributed by atoms with E-state index in [1.54, 1.807) is 5.51 Å². The van der Waals surface area contributed by atoms with E-state index in [1.165, 1.54) is 11.3 Å². The van der Waals surface area contributed by atoms with Crippen LogP contribution in [0.3, 0.4) is 0 Å². The molecule has 0 aromatic carbocycles. The third-order valence-electron chi connectivity index (χ3n) is 2.56. The van der Waals surface area contributed by atoms with Crippen LogP contribution in [0, 0.1) is 11.8 Å². The monoisotopic (exact) mass is 255 g/mol. The first-order valence-electron chi connectivity index (χ1n) is 5.95. The summed E-state index contributed by atoms with van der Waals surface area (Å²) in [4.78, 5) is 15.8. The fraction of sp³-hybridized carbons (Fsp3) is 0.667. The molecule has 1 amide bonds. The Balaban J connectivity index is 2.27. The summed E-state index contributed by atoms with van der Waals surface area (Å²) in [5.41, 5.74) is 8.35. The minimum Gasteiger partial charge on any atom is -0.350 e. The number of hydrogen-bond acceptors (Lipinski definition) is 4. The number of nitrogens with zero attached hydrogens (tertiary/aromatic N) is 1. The summed E-state index contributed by atoms with van der Waals surface area (Å²) in [7, 11) is 0. The van der Waals surface area contributed by atoms with Gasteiger partial charge >= 0.3 is 0 Å². The van der Waals surface area contributed by atoms with Crippen molar-refractivity contribution in [3.8, 4) is 0 Å². The highest BCUT2D eigenvalue weighted by molar-refractivity contribution is 7.07. The number of hydrogen-bond donors (Lipinski definition) is 2. The molecule has 0 aliphatic carbocycles. The Hall–Kier alpha value is -0.940. The Morgan fingerprint density at radius 3 is 2.88 bits per heavy atom. The van der Waals surface area contributed by atoms with Crippen LogP contribution in [0.4, 0.5) is 0 Å². The van der Waals surface area contributed by atoms with E-state index in [0.29, 0.717) is 25.4 Å². The maximum absolute atomic E-state index is 11.7. The number of carbonyl (C=O) groups is 1. The molecule has 4 nitrogen and oxygen atoms in total. The van der Waals surface area contributed by atoms with Crippen molar-refractivity contribution < 1.29 is 4.79 Å². The molecule has 0 saturated heterocycles. The second-order valence-electron chi connectivity index (χ2n) is 4.69. The van der Waals surface area contributed by atoms with E-state index in [2.05, 4.69) is 24.1 Å². The zero-order chi connectivity index (χ0) is 12.7. The smallest absolute Gasteiger partial charge is 0.220 e. The van der Waals surface area contributed by atoms with Gasteiger partial charge in [0, 0.05) is 11.8 Å². The minimum atomic E-state index is 0.0640. The number of nitrogens with two attached hydrogens (primary N) is 1. The highest BCUT2D eigenvalue weighted by Crippen LogP contribution is 2.14. The van der Waals surface area contributed by atoms with Crippen LogP contribution in [0.15, 0.2) is 10.9 Å². The number of carbonyl (C=O) groups excluding carboxylic acids is 1. The second-order valence-corrected chi connectivity index (χ2v) is 5.41. The Morgan fingerprint density at radius 1 is 1.59 bits per heavy atom. The molecule has 0 radical (unpaired) electrons. The summed E-state index contributed by atoms with van der Waals surface area (Å²) in [6.45, 7) is 5.38. The first kappa shape index (κ1) is 14.1. The van der Waals surface area contributed by atoms with E-state index in [9.17, 15) is 4.79 Å². The molecule has 1 heterocycles. The van der Waals surface area contributed by atoms with Gasteiger partial charge in [-0.3, -0.25) is 4.79 Å². The van der Waals surface area contributed by atoms with Crippen LogP contribution in [0.25, 0.3) is 0 Å². The van der Waals surface area contributed by atoms with Crippen molar-refractivity contribution >= 4 is 17.2 Å². The molecule has 0 aliphatic rings. The molecule has 0 saturated carbocycles. The predicted octanol–water partition coefficient (Wildman–Crippen LogP) is 1.77.